The van der Waals surface area contributed by atoms with Crippen LogP contribution < -0.4 is 0 Å². The summed E-state index contributed by atoms with van der Waals surface area (Å²) in [5, 5.41) is 2.64. The molecule has 3 aromatic carbocycles. The maximum Gasteiger partial charge on any atom is 0.0893 e. The first-order valence-corrected chi connectivity index (χ1v) is 6.69. The van der Waals surface area contributed by atoms with Crippen molar-refractivity contribution in [2.24, 2.45) is 0 Å². The van der Waals surface area contributed by atoms with E-state index in [0.717, 1.165) is 11.0 Å². The van der Waals surface area contributed by atoms with Crippen molar-refractivity contribution in [1.29, 1.82) is 0 Å². The molecular formula is C18H10N2. The van der Waals surface area contributed by atoms with Gasteiger partial charge in [-0.25, -0.2) is 0 Å². The summed E-state index contributed by atoms with van der Waals surface area (Å²) in [6.07, 6.45) is 3.49. The van der Waals surface area contributed by atoms with Gasteiger partial charge in [0.15, 0.2) is 0 Å². The average molecular weight is 254 g/mol. The van der Waals surface area contributed by atoms with Crippen LogP contribution in [0.5, 0.6) is 0 Å². The van der Waals surface area contributed by atoms with Crippen molar-refractivity contribution >= 4 is 21.8 Å². The summed E-state index contributed by atoms with van der Waals surface area (Å²) in [5.41, 5.74) is 7.06. The lowest BCUT2D eigenvalue weighted by atomic mass is 10.0. The van der Waals surface area contributed by atoms with Crippen molar-refractivity contribution in [3.05, 3.63) is 60.9 Å². The first-order valence-electron chi connectivity index (χ1n) is 6.69. The highest BCUT2D eigenvalue weighted by molar-refractivity contribution is 6.16. The lowest BCUT2D eigenvalue weighted by molar-refractivity contribution is 1.30. The van der Waals surface area contributed by atoms with Crippen LogP contribution in [-0.2, 0) is 0 Å². The van der Waals surface area contributed by atoms with Crippen LogP contribution in [0.15, 0.2) is 60.9 Å². The van der Waals surface area contributed by atoms with Gasteiger partial charge in [0.25, 0.3) is 0 Å². The third-order valence-corrected chi connectivity index (χ3v) is 4.09. The Labute approximate surface area is 115 Å². The van der Waals surface area contributed by atoms with Gasteiger partial charge in [0.2, 0.25) is 0 Å². The summed E-state index contributed by atoms with van der Waals surface area (Å²) < 4.78 is 0. The molecule has 1 aliphatic rings. The first-order chi connectivity index (χ1) is 9.92. The van der Waals surface area contributed by atoms with Crippen LogP contribution in [0.3, 0.4) is 0 Å². The van der Waals surface area contributed by atoms with E-state index in [1.807, 2.05) is 0 Å². The third kappa shape index (κ3) is 1.14. The minimum absolute atomic E-state index is 0.955. The van der Waals surface area contributed by atoms with Crippen molar-refractivity contribution in [3.63, 3.8) is 0 Å². The zero-order valence-electron chi connectivity index (χ0n) is 10.7. The second kappa shape index (κ2) is 3.42. The first kappa shape index (κ1) is 10.1. The van der Waals surface area contributed by atoms with Crippen molar-refractivity contribution < 1.29 is 0 Å². The summed E-state index contributed by atoms with van der Waals surface area (Å²) in [5.74, 6) is 0. The summed E-state index contributed by atoms with van der Waals surface area (Å²) in [7, 11) is 0. The third-order valence-electron chi connectivity index (χ3n) is 4.09. The van der Waals surface area contributed by atoms with Gasteiger partial charge in [-0.3, -0.25) is 9.97 Å². The van der Waals surface area contributed by atoms with E-state index in [1.54, 1.807) is 12.4 Å². The second-order valence-corrected chi connectivity index (χ2v) is 5.15. The molecule has 0 saturated carbocycles. The number of hydrogen-bond acceptors (Lipinski definition) is 2. The van der Waals surface area contributed by atoms with Gasteiger partial charge in [-0.1, -0.05) is 36.4 Å². The molecule has 0 unspecified atom stereocenters. The fourth-order valence-electron chi connectivity index (χ4n) is 3.25. The van der Waals surface area contributed by atoms with Gasteiger partial charge in [-0.2, -0.15) is 0 Å². The summed E-state index contributed by atoms with van der Waals surface area (Å²) in [6.45, 7) is 0. The van der Waals surface area contributed by atoms with Gasteiger partial charge in [-0.15, -0.1) is 0 Å². The minimum atomic E-state index is 0.955. The molecule has 92 valence electrons. The Morgan fingerprint density at radius 3 is 1.70 bits per heavy atom. The number of hydrogen-bond donors (Lipinski definition) is 0. The fraction of sp³-hybridized carbons (Fsp3) is 0. The Kier molecular flexibility index (Phi) is 1.73. The molecular weight excluding hydrogens is 244 g/mol. The van der Waals surface area contributed by atoms with E-state index in [-0.39, 0.29) is 0 Å². The Bertz CT molecular complexity index is 925. The van der Waals surface area contributed by atoms with Gasteiger partial charge >= 0.3 is 0 Å². The molecule has 0 radical (unpaired) electrons. The van der Waals surface area contributed by atoms with Gasteiger partial charge in [0.05, 0.1) is 11.0 Å². The summed E-state index contributed by atoms with van der Waals surface area (Å²) in [6, 6.07) is 17.3. The summed E-state index contributed by atoms with van der Waals surface area (Å²) >= 11 is 0. The number of aromatic nitrogens is 2. The van der Waals surface area contributed by atoms with Crippen LogP contribution in [0, 0.1) is 0 Å². The van der Waals surface area contributed by atoms with Crippen molar-refractivity contribution in [3.8, 4) is 22.3 Å². The SMILES string of the molecule is c1cc2c3c(cccc3c1)-c1cc3nccnc3cc1-2. The molecule has 2 heteroatoms. The van der Waals surface area contributed by atoms with Gasteiger partial charge in [0, 0.05) is 12.4 Å². The zero-order valence-corrected chi connectivity index (χ0v) is 10.7. The maximum atomic E-state index is 4.42. The van der Waals surface area contributed by atoms with Gasteiger partial charge in [-0.05, 0) is 45.2 Å². The molecule has 1 aliphatic carbocycles. The minimum Gasteiger partial charge on any atom is -0.253 e. The lowest BCUT2D eigenvalue weighted by Crippen LogP contribution is -1.84. The molecule has 20 heavy (non-hydrogen) atoms. The molecule has 0 bridgehead atoms. The van der Waals surface area contributed by atoms with E-state index in [9.17, 15) is 0 Å². The van der Waals surface area contributed by atoms with Crippen LogP contribution in [0.1, 0.15) is 0 Å². The molecule has 2 nitrogen and oxygen atoms in total. The predicted octanol–water partition coefficient (Wildman–Crippen LogP) is 4.43. The topological polar surface area (TPSA) is 25.8 Å². The molecule has 1 heterocycles. The zero-order chi connectivity index (χ0) is 13.1. The highest BCUT2D eigenvalue weighted by Gasteiger charge is 2.21. The second-order valence-electron chi connectivity index (χ2n) is 5.15. The Hall–Kier alpha value is -2.74. The molecule has 0 amide bonds. The van der Waals surface area contributed by atoms with E-state index in [1.165, 1.54) is 33.0 Å². The molecule has 0 saturated heterocycles. The van der Waals surface area contributed by atoms with E-state index in [4.69, 9.17) is 0 Å². The Morgan fingerprint density at radius 1 is 0.600 bits per heavy atom. The molecule has 0 spiro atoms. The average Bonchev–Trinajstić information content (AvgIpc) is 2.82. The lowest BCUT2D eigenvalue weighted by Gasteiger charge is -2.03. The van der Waals surface area contributed by atoms with E-state index in [0.29, 0.717) is 0 Å². The smallest absolute Gasteiger partial charge is 0.0893 e. The maximum absolute atomic E-state index is 4.42. The van der Waals surface area contributed by atoms with Gasteiger partial charge in [0.1, 0.15) is 0 Å². The largest absolute Gasteiger partial charge is 0.253 e. The molecule has 0 aliphatic heterocycles. The molecule has 0 fully saturated rings. The van der Waals surface area contributed by atoms with Crippen LogP contribution in [0.4, 0.5) is 0 Å². The van der Waals surface area contributed by atoms with Crippen LogP contribution >= 0.6 is 0 Å². The van der Waals surface area contributed by atoms with Crippen LogP contribution in [-0.4, -0.2) is 9.97 Å². The number of rotatable bonds is 0. The van der Waals surface area contributed by atoms with E-state index in [2.05, 4.69) is 58.5 Å². The Morgan fingerprint density at radius 2 is 1.15 bits per heavy atom. The van der Waals surface area contributed by atoms with Crippen molar-refractivity contribution in [2.75, 3.05) is 0 Å². The standard InChI is InChI=1S/C18H10N2/c1-3-11-4-2-6-13-15-10-17-16(19-7-8-20-17)9-14(15)12(5-1)18(11)13/h1-10H. The number of benzene rings is 3. The van der Waals surface area contributed by atoms with Gasteiger partial charge < -0.3 is 0 Å². The predicted molar refractivity (Wildman–Crippen MR) is 81.5 cm³/mol. The highest BCUT2D eigenvalue weighted by atomic mass is 14.8. The highest BCUT2D eigenvalue weighted by Crippen LogP contribution is 2.47. The number of fused-ring (bicyclic) bond motifs is 4. The molecule has 0 atom stereocenters. The van der Waals surface area contributed by atoms with Crippen LogP contribution in [0.2, 0.25) is 0 Å². The normalized spacial score (nSPS) is 12.0. The molecule has 1 aromatic heterocycles. The Balaban J connectivity index is 2.02. The van der Waals surface area contributed by atoms with Crippen LogP contribution in [0.25, 0.3) is 44.1 Å². The fourth-order valence-corrected chi connectivity index (χ4v) is 3.25. The van der Waals surface area contributed by atoms with Crippen molar-refractivity contribution in [2.45, 2.75) is 0 Å². The summed E-state index contributed by atoms with van der Waals surface area (Å²) in [4.78, 5) is 8.85. The van der Waals surface area contributed by atoms with E-state index < -0.39 is 0 Å². The van der Waals surface area contributed by atoms with E-state index >= 15 is 0 Å². The number of nitrogens with zero attached hydrogens (tertiary/aromatic N) is 2. The quantitative estimate of drug-likeness (QED) is 0.408. The molecule has 4 aromatic rings. The molecule has 5 rings (SSSR count). The molecule has 0 N–H and O–H groups in total. The van der Waals surface area contributed by atoms with Crippen molar-refractivity contribution in [1.82, 2.24) is 9.97 Å². The monoisotopic (exact) mass is 254 g/mol.